The van der Waals surface area contributed by atoms with Gasteiger partial charge in [-0.05, 0) is 42.6 Å². The maximum Gasteiger partial charge on any atom is 0.344 e. The van der Waals surface area contributed by atoms with E-state index >= 15 is 0 Å². The zero-order valence-corrected chi connectivity index (χ0v) is 17.4. The lowest BCUT2D eigenvalue weighted by molar-refractivity contribution is 0.110. The van der Waals surface area contributed by atoms with Gasteiger partial charge in [0, 0.05) is 19.3 Å². The standard InChI is InChI=1S/C19H40O2Si/c1-9-16(10-2)15-22(20-7,21-8)19(12-4)14-13-17(11-3)18(19,5)6/h16-17H,9-15H2,1-8H3. The van der Waals surface area contributed by atoms with Crippen LogP contribution in [0.3, 0.4) is 0 Å². The number of rotatable bonds is 9. The summed E-state index contributed by atoms with van der Waals surface area (Å²) in [7, 11) is 1.58. The van der Waals surface area contributed by atoms with Crippen LogP contribution in [0.5, 0.6) is 0 Å². The summed E-state index contributed by atoms with van der Waals surface area (Å²) < 4.78 is 12.7. The molecule has 1 saturated carbocycles. The Morgan fingerprint density at radius 3 is 1.91 bits per heavy atom. The Kier molecular flexibility index (Phi) is 7.16. The highest BCUT2D eigenvalue weighted by Crippen LogP contribution is 2.69. The van der Waals surface area contributed by atoms with Crippen LogP contribution in [0.15, 0.2) is 0 Å². The molecule has 0 amide bonds. The number of hydrogen-bond acceptors (Lipinski definition) is 2. The van der Waals surface area contributed by atoms with Crippen LogP contribution < -0.4 is 0 Å². The molecule has 0 aliphatic heterocycles. The zero-order valence-electron chi connectivity index (χ0n) is 16.4. The third kappa shape index (κ3) is 2.93. The van der Waals surface area contributed by atoms with Gasteiger partial charge in [0.25, 0.3) is 0 Å². The van der Waals surface area contributed by atoms with Crippen molar-refractivity contribution in [2.24, 2.45) is 17.3 Å². The second-order valence-electron chi connectivity index (χ2n) is 7.85. The summed E-state index contributed by atoms with van der Waals surface area (Å²) in [5.41, 5.74) is 0.306. The quantitative estimate of drug-likeness (QED) is 0.472. The first-order valence-electron chi connectivity index (χ1n) is 9.44. The van der Waals surface area contributed by atoms with Crippen LogP contribution in [0.25, 0.3) is 0 Å². The summed E-state index contributed by atoms with van der Waals surface area (Å²) in [5, 5.41) is 0.243. The minimum Gasteiger partial charge on any atom is -0.397 e. The van der Waals surface area contributed by atoms with Crippen molar-refractivity contribution in [2.75, 3.05) is 14.2 Å². The van der Waals surface area contributed by atoms with Crippen molar-refractivity contribution in [3.05, 3.63) is 0 Å². The van der Waals surface area contributed by atoms with E-state index in [1.54, 1.807) is 0 Å². The van der Waals surface area contributed by atoms with Gasteiger partial charge in [-0.2, -0.15) is 0 Å². The normalized spacial score (nSPS) is 28.5. The van der Waals surface area contributed by atoms with Crippen LogP contribution in [0.1, 0.15) is 80.1 Å². The average Bonchev–Trinajstić information content (AvgIpc) is 2.80. The van der Waals surface area contributed by atoms with Crippen LogP contribution in [0.4, 0.5) is 0 Å². The Balaban J connectivity index is 3.31. The van der Waals surface area contributed by atoms with Crippen molar-refractivity contribution in [2.45, 2.75) is 91.1 Å². The summed E-state index contributed by atoms with van der Waals surface area (Å²) in [5.74, 6) is 1.53. The Hall–Kier alpha value is 0.137. The van der Waals surface area contributed by atoms with Crippen LogP contribution in [-0.2, 0) is 8.85 Å². The van der Waals surface area contributed by atoms with Crippen LogP contribution >= 0.6 is 0 Å². The van der Waals surface area contributed by atoms with Gasteiger partial charge < -0.3 is 8.85 Å². The van der Waals surface area contributed by atoms with Gasteiger partial charge in [0.2, 0.25) is 0 Å². The topological polar surface area (TPSA) is 18.5 Å². The van der Waals surface area contributed by atoms with Gasteiger partial charge in [0.1, 0.15) is 0 Å². The van der Waals surface area contributed by atoms with Gasteiger partial charge in [0.15, 0.2) is 0 Å². The van der Waals surface area contributed by atoms with Gasteiger partial charge in [-0.3, -0.25) is 0 Å². The molecule has 2 nitrogen and oxygen atoms in total. The molecule has 1 fully saturated rings. The lowest BCUT2D eigenvalue weighted by Gasteiger charge is -2.53. The molecule has 2 atom stereocenters. The van der Waals surface area contributed by atoms with Crippen molar-refractivity contribution >= 4 is 8.56 Å². The summed E-state index contributed by atoms with van der Waals surface area (Å²) in [6, 6.07) is 1.15. The molecular formula is C19H40O2Si. The van der Waals surface area contributed by atoms with Crippen LogP contribution in [0.2, 0.25) is 11.1 Å². The van der Waals surface area contributed by atoms with E-state index in [-0.39, 0.29) is 5.04 Å². The minimum absolute atomic E-state index is 0.243. The molecule has 1 aliphatic rings. The molecule has 3 heteroatoms. The lowest BCUT2D eigenvalue weighted by atomic mass is 9.72. The first kappa shape index (κ1) is 20.2. The summed E-state index contributed by atoms with van der Waals surface area (Å²) in [6.07, 6.45) is 7.54. The van der Waals surface area contributed by atoms with Gasteiger partial charge in [0.05, 0.1) is 0 Å². The van der Waals surface area contributed by atoms with Crippen LogP contribution in [-0.4, -0.2) is 22.8 Å². The molecule has 1 aliphatic carbocycles. The van der Waals surface area contributed by atoms with E-state index < -0.39 is 8.56 Å². The molecule has 22 heavy (non-hydrogen) atoms. The highest BCUT2D eigenvalue weighted by molar-refractivity contribution is 6.71. The Bertz CT molecular complexity index is 334. The summed E-state index contributed by atoms with van der Waals surface area (Å²) in [4.78, 5) is 0. The first-order valence-corrected chi connectivity index (χ1v) is 11.5. The molecule has 0 radical (unpaired) electrons. The van der Waals surface area contributed by atoms with Gasteiger partial charge in [-0.25, -0.2) is 0 Å². The molecule has 0 aromatic heterocycles. The smallest absolute Gasteiger partial charge is 0.344 e. The second kappa shape index (κ2) is 7.81. The van der Waals surface area contributed by atoms with E-state index in [2.05, 4.69) is 41.5 Å². The molecule has 0 aromatic rings. The molecule has 2 unspecified atom stereocenters. The van der Waals surface area contributed by atoms with E-state index in [0.29, 0.717) is 5.41 Å². The highest BCUT2D eigenvalue weighted by Gasteiger charge is 2.66. The van der Waals surface area contributed by atoms with E-state index in [4.69, 9.17) is 8.85 Å². The fourth-order valence-corrected chi connectivity index (χ4v) is 10.8. The Morgan fingerprint density at radius 2 is 1.59 bits per heavy atom. The van der Waals surface area contributed by atoms with E-state index in [0.717, 1.165) is 17.9 Å². The molecule has 0 N–H and O–H groups in total. The molecule has 0 heterocycles. The maximum absolute atomic E-state index is 6.34. The molecule has 0 aromatic carbocycles. The lowest BCUT2D eigenvalue weighted by Crippen LogP contribution is -2.58. The van der Waals surface area contributed by atoms with E-state index in [9.17, 15) is 0 Å². The van der Waals surface area contributed by atoms with Crippen molar-refractivity contribution in [3.8, 4) is 0 Å². The fourth-order valence-electron chi connectivity index (χ4n) is 5.59. The predicted octanol–water partition coefficient (Wildman–Crippen LogP) is 6.15. The van der Waals surface area contributed by atoms with Gasteiger partial charge >= 0.3 is 8.56 Å². The molecule has 0 spiro atoms. The highest BCUT2D eigenvalue weighted by atomic mass is 28.4. The molecule has 1 rings (SSSR count). The summed E-state index contributed by atoms with van der Waals surface area (Å²) >= 11 is 0. The van der Waals surface area contributed by atoms with Crippen molar-refractivity contribution in [1.29, 1.82) is 0 Å². The molecular weight excluding hydrogens is 288 g/mol. The monoisotopic (exact) mass is 328 g/mol. The zero-order chi connectivity index (χ0) is 17.0. The van der Waals surface area contributed by atoms with E-state index in [1.807, 2.05) is 14.2 Å². The van der Waals surface area contributed by atoms with Crippen molar-refractivity contribution < 1.29 is 8.85 Å². The Morgan fingerprint density at radius 1 is 1.05 bits per heavy atom. The third-order valence-electron chi connectivity index (χ3n) is 7.37. The number of hydrogen-bond donors (Lipinski definition) is 0. The third-order valence-corrected chi connectivity index (χ3v) is 12.5. The molecule has 132 valence electrons. The molecule has 0 saturated heterocycles. The predicted molar refractivity (Wildman–Crippen MR) is 98.4 cm³/mol. The molecule has 0 bridgehead atoms. The largest absolute Gasteiger partial charge is 0.397 e. The van der Waals surface area contributed by atoms with E-state index in [1.165, 1.54) is 38.5 Å². The Labute approximate surface area is 140 Å². The van der Waals surface area contributed by atoms with Gasteiger partial charge in [-0.15, -0.1) is 0 Å². The average molecular weight is 329 g/mol. The van der Waals surface area contributed by atoms with Crippen molar-refractivity contribution in [3.63, 3.8) is 0 Å². The SMILES string of the molecule is CCC(CC)C[Si](OC)(OC)C1(CC)CCC(CC)C1(C)C. The maximum atomic E-state index is 6.34. The van der Waals surface area contributed by atoms with Gasteiger partial charge in [-0.1, -0.05) is 60.8 Å². The first-order chi connectivity index (χ1) is 10.3. The summed E-state index contributed by atoms with van der Waals surface area (Å²) in [6.45, 7) is 14.3. The van der Waals surface area contributed by atoms with Crippen LogP contribution in [0, 0.1) is 17.3 Å². The van der Waals surface area contributed by atoms with Crippen molar-refractivity contribution in [1.82, 2.24) is 0 Å². The second-order valence-corrected chi connectivity index (χ2v) is 11.5. The minimum atomic E-state index is -2.26. The fraction of sp³-hybridized carbons (Fsp3) is 1.00.